The van der Waals surface area contributed by atoms with Crippen LogP contribution in [0.4, 0.5) is 4.79 Å². The molecule has 0 aromatic carbocycles. The molecule has 53 valence electrons. The topological polar surface area (TPSA) is 29.5 Å². The first-order valence-electron chi connectivity index (χ1n) is 2.89. The molecule has 0 bridgehead atoms. The van der Waals surface area contributed by atoms with Crippen molar-refractivity contribution in [1.29, 1.82) is 0 Å². The summed E-state index contributed by atoms with van der Waals surface area (Å²) in [4.78, 5) is 12.0. The third-order valence-corrected chi connectivity index (χ3v) is 0.915. The molecule has 0 aliphatic heterocycles. The largest absolute Gasteiger partial charge is 0.450 e. The van der Waals surface area contributed by atoms with Gasteiger partial charge in [-0.2, -0.15) is 0 Å². The van der Waals surface area contributed by atoms with Gasteiger partial charge in [-0.25, -0.2) is 4.79 Å². The molecule has 1 radical (unpaired) electrons. The van der Waals surface area contributed by atoms with Crippen molar-refractivity contribution in [3.05, 3.63) is 6.92 Å². The minimum Gasteiger partial charge on any atom is -0.450 e. The summed E-state index contributed by atoms with van der Waals surface area (Å²) in [6.45, 7) is 6.15. The highest BCUT2D eigenvalue weighted by atomic mass is 16.5. The van der Waals surface area contributed by atoms with Gasteiger partial charge < -0.3 is 9.64 Å². The van der Waals surface area contributed by atoms with E-state index in [9.17, 15) is 4.79 Å². The highest BCUT2D eigenvalue weighted by molar-refractivity contribution is 5.67. The molecule has 0 aromatic heterocycles. The number of carbonyl (C=O) groups excluding carboxylic acids is 1. The fourth-order valence-electron chi connectivity index (χ4n) is 0.325. The van der Waals surface area contributed by atoms with E-state index in [1.165, 1.54) is 4.90 Å². The molecular weight excluding hydrogens is 118 g/mol. The predicted octanol–water partition coefficient (Wildman–Crippen LogP) is 0.909. The number of ether oxygens (including phenoxy) is 1. The normalized spacial score (nSPS) is 8.78. The van der Waals surface area contributed by atoms with Crippen LogP contribution in [0, 0.1) is 6.92 Å². The summed E-state index contributed by atoms with van der Waals surface area (Å²) in [5.74, 6) is 0. The lowest BCUT2D eigenvalue weighted by atomic mass is 10.7. The fraction of sp³-hybridized carbons (Fsp3) is 0.667. The standard InChI is InChI=1S/C6H12NO2/c1-4-7(3)6(8)9-5-2/h1,4-5H2,2-3H3. The van der Waals surface area contributed by atoms with Crippen molar-refractivity contribution in [3.63, 3.8) is 0 Å². The molecule has 0 saturated heterocycles. The van der Waals surface area contributed by atoms with Gasteiger partial charge in [0.15, 0.2) is 0 Å². The first-order chi connectivity index (χ1) is 4.22. The zero-order valence-electron chi connectivity index (χ0n) is 5.89. The highest BCUT2D eigenvalue weighted by Gasteiger charge is 2.03. The van der Waals surface area contributed by atoms with E-state index < -0.39 is 0 Å². The van der Waals surface area contributed by atoms with Gasteiger partial charge in [0.2, 0.25) is 0 Å². The van der Waals surface area contributed by atoms with Crippen molar-refractivity contribution in [1.82, 2.24) is 4.90 Å². The minimum absolute atomic E-state index is 0.312. The van der Waals surface area contributed by atoms with Gasteiger partial charge in [-0.15, -0.1) is 0 Å². The summed E-state index contributed by atoms with van der Waals surface area (Å²) in [6, 6.07) is 0. The zero-order chi connectivity index (χ0) is 7.28. The van der Waals surface area contributed by atoms with Crippen LogP contribution in [0.1, 0.15) is 6.92 Å². The third kappa shape index (κ3) is 2.95. The monoisotopic (exact) mass is 130 g/mol. The van der Waals surface area contributed by atoms with Crippen molar-refractivity contribution < 1.29 is 9.53 Å². The summed E-state index contributed by atoms with van der Waals surface area (Å²) < 4.78 is 4.64. The van der Waals surface area contributed by atoms with Gasteiger partial charge in [0, 0.05) is 13.6 Å². The second-order valence-corrected chi connectivity index (χ2v) is 1.62. The SMILES string of the molecule is [CH2]CN(C)C(=O)OCC. The van der Waals surface area contributed by atoms with Crippen molar-refractivity contribution in [3.8, 4) is 0 Å². The van der Waals surface area contributed by atoms with Crippen LogP contribution in [0.15, 0.2) is 0 Å². The summed E-state index contributed by atoms with van der Waals surface area (Å²) in [5, 5.41) is 0. The molecule has 0 fully saturated rings. The van der Waals surface area contributed by atoms with Crippen molar-refractivity contribution in [2.75, 3.05) is 20.2 Å². The van der Waals surface area contributed by atoms with Crippen molar-refractivity contribution >= 4 is 6.09 Å². The van der Waals surface area contributed by atoms with E-state index in [-0.39, 0.29) is 6.09 Å². The number of carbonyl (C=O) groups is 1. The van der Waals surface area contributed by atoms with Gasteiger partial charge in [0.25, 0.3) is 0 Å². The van der Waals surface area contributed by atoms with E-state index in [1.54, 1.807) is 14.0 Å². The molecule has 0 rings (SSSR count). The van der Waals surface area contributed by atoms with E-state index in [0.29, 0.717) is 13.2 Å². The molecule has 0 aliphatic carbocycles. The first-order valence-corrected chi connectivity index (χ1v) is 2.89. The summed E-state index contributed by atoms with van der Waals surface area (Å²) in [5.41, 5.74) is 0. The van der Waals surface area contributed by atoms with Crippen LogP contribution in [0.3, 0.4) is 0 Å². The second kappa shape index (κ2) is 4.18. The molecule has 3 nitrogen and oxygen atoms in total. The van der Waals surface area contributed by atoms with Crippen LogP contribution in [-0.2, 0) is 4.74 Å². The van der Waals surface area contributed by atoms with Gasteiger partial charge in [0.05, 0.1) is 6.61 Å². The van der Waals surface area contributed by atoms with Crippen molar-refractivity contribution in [2.24, 2.45) is 0 Å². The molecule has 0 N–H and O–H groups in total. The van der Waals surface area contributed by atoms with Crippen LogP contribution >= 0.6 is 0 Å². The van der Waals surface area contributed by atoms with E-state index in [0.717, 1.165) is 0 Å². The van der Waals surface area contributed by atoms with Gasteiger partial charge in [0.1, 0.15) is 0 Å². The summed E-state index contributed by atoms with van der Waals surface area (Å²) >= 11 is 0. The quantitative estimate of drug-likeness (QED) is 0.556. The zero-order valence-corrected chi connectivity index (χ0v) is 5.89. The number of hydrogen-bond donors (Lipinski definition) is 0. The average Bonchev–Trinajstić information content (AvgIpc) is 1.87. The second-order valence-electron chi connectivity index (χ2n) is 1.62. The minimum atomic E-state index is -0.312. The van der Waals surface area contributed by atoms with Crippen LogP contribution in [0.2, 0.25) is 0 Å². The van der Waals surface area contributed by atoms with Crippen LogP contribution < -0.4 is 0 Å². The molecule has 0 saturated carbocycles. The van der Waals surface area contributed by atoms with Crippen LogP contribution in [0.5, 0.6) is 0 Å². The fourth-order valence-corrected chi connectivity index (χ4v) is 0.325. The molecule has 0 spiro atoms. The number of rotatable bonds is 2. The lowest BCUT2D eigenvalue weighted by Crippen LogP contribution is -2.26. The lowest BCUT2D eigenvalue weighted by Gasteiger charge is -2.12. The first kappa shape index (κ1) is 8.27. The lowest BCUT2D eigenvalue weighted by molar-refractivity contribution is 0.119. The molecular formula is C6H12NO2. The average molecular weight is 130 g/mol. The molecule has 0 aromatic rings. The Bertz CT molecular complexity index is 93.1. The molecule has 0 atom stereocenters. The molecule has 3 heteroatoms. The van der Waals surface area contributed by atoms with Crippen molar-refractivity contribution in [2.45, 2.75) is 6.92 Å². The predicted molar refractivity (Wildman–Crippen MR) is 35.0 cm³/mol. The van der Waals surface area contributed by atoms with Crippen LogP contribution in [0.25, 0.3) is 0 Å². The Labute approximate surface area is 55.6 Å². The maximum atomic E-state index is 10.6. The number of amides is 1. The maximum absolute atomic E-state index is 10.6. The number of nitrogens with zero attached hydrogens (tertiary/aromatic N) is 1. The van der Waals surface area contributed by atoms with Crippen LogP contribution in [-0.4, -0.2) is 31.2 Å². The molecule has 0 heterocycles. The van der Waals surface area contributed by atoms with E-state index in [2.05, 4.69) is 11.7 Å². The Kier molecular flexibility index (Phi) is 3.84. The molecule has 0 aliphatic rings. The summed E-state index contributed by atoms with van der Waals surface area (Å²) in [6.07, 6.45) is -0.312. The Balaban J connectivity index is 3.46. The smallest absolute Gasteiger partial charge is 0.409 e. The van der Waals surface area contributed by atoms with E-state index >= 15 is 0 Å². The van der Waals surface area contributed by atoms with E-state index in [1.807, 2.05) is 0 Å². The van der Waals surface area contributed by atoms with Gasteiger partial charge in [-0.1, -0.05) is 0 Å². The Morgan fingerprint density at radius 2 is 2.33 bits per heavy atom. The number of hydrogen-bond acceptors (Lipinski definition) is 2. The van der Waals surface area contributed by atoms with Gasteiger partial charge in [-0.05, 0) is 13.8 Å². The molecule has 1 amide bonds. The van der Waals surface area contributed by atoms with Gasteiger partial charge >= 0.3 is 6.09 Å². The maximum Gasteiger partial charge on any atom is 0.409 e. The highest BCUT2D eigenvalue weighted by Crippen LogP contribution is 1.86. The Morgan fingerprint density at radius 1 is 1.78 bits per heavy atom. The third-order valence-electron chi connectivity index (χ3n) is 0.915. The molecule has 9 heavy (non-hydrogen) atoms. The van der Waals surface area contributed by atoms with Gasteiger partial charge in [-0.3, -0.25) is 0 Å². The molecule has 0 unspecified atom stereocenters. The Morgan fingerprint density at radius 3 is 2.67 bits per heavy atom. The van der Waals surface area contributed by atoms with E-state index in [4.69, 9.17) is 0 Å². The Hall–Kier alpha value is -0.730. The summed E-state index contributed by atoms with van der Waals surface area (Å²) in [7, 11) is 1.64.